The second kappa shape index (κ2) is 14.0. The van der Waals surface area contributed by atoms with Gasteiger partial charge < -0.3 is 13.3 Å². The lowest BCUT2D eigenvalue weighted by Crippen LogP contribution is -1.84. The summed E-state index contributed by atoms with van der Waals surface area (Å²) in [5, 5.41) is 6.38. The molecule has 5 nitrogen and oxygen atoms in total. The fourth-order valence-corrected chi connectivity index (χ4v) is 9.23. The molecule has 0 saturated heterocycles. The van der Waals surface area contributed by atoms with Gasteiger partial charge in [-0.3, -0.25) is 0 Å². The largest absolute Gasteiger partial charge is 0.456 e. The number of rotatable bonds is 6. The molecule has 0 unspecified atom stereocenters. The van der Waals surface area contributed by atoms with Crippen molar-refractivity contribution in [1.29, 1.82) is 0 Å². The molecular formula is C58H34N2O3. The van der Waals surface area contributed by atoms with Crippen molar-refractivity contribution in [3.8, 4) is 66.8 Å². The number of hydrogen-bond acceptors (Lipinski definition) is 5. The number of fused-ring (bicyclic) bond motifs is 9. The molecule has 0 fully saturated rings. The van der Waals surface area contributed by atoms with Gasteiger partial charge in [-0.2, -0.15) is 0 Å². The van der Waals surface area contributed by atoms with Gasteiger partial charge in [-0.25, -0.2) is 9.97 Å². The standard InChI is InChI=1S/C58H34N2O3/c1-7-35(27-39(11-1)43-19-23-55-49(31-43)47-15-5-25-59-57(47)62-55)37-9-3-13-41(29-37)45-17-21-53-51(33-45)52-34-46(18-22-54(52)61-53)42-14-4-10-38(30-42)36-8-2-12-40(28-36)44-20-24-56-50(32-44)48-16-6-26-60-58(48)63-56/h1-34H. The van der Waals surface area contributed by atoms with Crippen LogP contribution in [0.5, 0.6) is 0 Å². The Bertz CT molecular complexity index is 3690. The fraction of sp³-hybridized carbons (Fsp3) is 0. The molecule has 0 atom stereocenters. The molecule has 5 heterocycles. The Morgan fingerprint density at radius 2 is 0.492 bits per heavy atom. The van der Waals surface area contributed by atoms with Gasteiger partial charge >= 0.3 is 0 Å². The highest BCUT2D eigenvalue weighted by atomic mass is 16.3. The van der Waals surface area contributed by atoms with E-state index >= 15 is 0 Å². The van der Waals surface area contributed by atoms with Crippen molar-refractivity contribution < 1.29 is 13.3 Å². The van der Waals surface area contributed by atoms with Gasteiger partial charge in [0.2, 0.25) is 11.4 Å². The van der Waals surface area contributed by atoms with Crippen LogP contribution in [-0.4, -0.2) is 9.97 Å². The zero-order valence-corrected chi connectivity index (χ0v) is 33.7. The topological polar surface area (TPSA) is 65.2 Å². The van der Waals surface area contributed by atoms with Gasteiger partial charge in [-0.05, 0) is 164 Å². The molecule has 0 radical (unpaired) electrons. The van der Waals surface area contributed by atoms with Crippen molar-refractivity contribution in [2.75, 3.05) is 0 Å². The van der Waals surface area contributed by atoms with E-state index in [1.807, 2.05) is 24.3 Å². The summed E-state index contributed by atoms with van der Waals surface area (Å²) in [6.07, 6.45) is 3.53. The van der Waals surface area contributed by atoms with Crippen LogP contribution in [0.4, 0.5) is 0 Å². The van der Waals surface area contributed by atoms with Crippen LogP contribution in [0.2, 0.25) is 0 Å². The maximum absolute atomic E-state index is 6.40. The molecule has 0 aliphatic rings. The maximum Gasteiger partial charge on any atom is 0.227 e. The molecule has 63 heavy (non-hydrogen) atoms. The van der Waals surface area contributed by atoms with Gasteiger partial charge in [-0.1, -0.05) is 97.1 Å². The van der Waals surface area contributed by atoms with E-state index in [4.69, 9.17) is 13.3 Å². The first-order chi connectivity index (χ1) is 31.1. The van der Waals surface area contributed by atoms with Gasteiger partial charge in [0.1, 0.15) is 22.3 Å². The summed E-state index contributed by atoms with van der Waals surface area (Å²) in [5.74, 6) is 0. The van der Waals surface area contributed by atoms with E-state index in [-0.39, 0.29) is 0 Å². The molecule has 13 aromatic rings. The molecule has 8 aromatic carbocycles. The van der Waals surface area contributed by atoms with Crippen LogP contribution in [0.15, 0.2) is 220 Å². The van der Waals surface area contributed by atoms with Gasteiger partial charge in [-0.15, -0.1) is 0 Å². The number of hydrogen-bond donors (Lipinski definition) is 0. The van der Waals surface area contributed by atoms with E-state index in [2.05, 4.69) is 180 Å². The lowest BCUT2D eigenvalue weighted by Gasteiger charge is -2.09. The van der Waals surface area contributed by atoms with E-state index in [0.29, 0.717) is 11.4 Å². The minimum absolute atomic E-state index is 0.661. The van der Waals surface area contributed by atoms with Crippen LogP contribution in [0.3, 0.4) is 0 Å². The molecule has 0 spiro atoms. The average Bonchev–Trinajstić information content (AvgIpc) is 4.04. The zero-order chi connectivity index (χ0) is 41.4. The summed E-state index contributed by atoms with van der Waals surface area (Å²) < 4.78 is 18.4. The summed E-state index contributed by atoms with van der Waals surface area (Å²) in [5.41, 5.74) is 18.5. The Kier molecular flexibility index (Phi) is 7.84. The zero-order valence-electron chi connectivity index (χ0n) is 33.7. The van der Waals surface area contributed by atoms with Crippen molar-refractivity contribution in [2.45, 2.75) is 0 Å². The number of furan rings is 3. The smallest absolute Gasteiger partial charge is 0.227 e. The second-order valence-electron chi connectivity index (χ2n) is 16.2. The van der Waals surface area contributed by atoms with E-state index in [0.717, 1.165) is 121 Å². The molecule has 0 aliphatic heterocycles. The quantitative estimate of drug-likeness (QED) is 0.167. The van der Waals surface area contributed by atoms with Gasteiger partial charge in [0.25, 0.3) is 0 Å². The minimum Gasteiger partial charge on any atom is -0.456 e. The summed E-state index contributed by atoms with van der Waals surface area (Å²) in [6.45, 7) is 0. The van der Waals surface area contributed by atoms with Crippen LogP contribution < -0.4 is 0 Å². The first-order valence-electron chi connectivity index (χ1n) is 21.1. The molecule has 5 aromatic heterocycles. The Morgan fingerprint density at radius 1 is 0.222 bits per heavy atom. The second-order valence-corrected chi connectivity index (χ2v) is 16.2. The van der Waals surface area contributed by atoms with Gasteiger partial charge in [0, 0.05) is 44.7 Å². The lowest BCUT2D eigenvalue weighted by molar-refractivity contribution is 0.653. The molecule has 294 valence electrons. The Balaban J connectivity index is 0.813. The van der Waals surface area contributed by atoms with E-state index in [1.165, 1.54) is 0 Å². The Hall–Kier alpha value is -8.54. The normalized spacial score (nSPS) is 11.8. The van der Waals surface area contributed by atoms with Crippen molar-refractivity contribution in [1.82, 2.24) is 9.97 Å². The minimum atomic E-state index is 0.661. The fourth-order valence-electron chi connectivity index (χ4n) is 9.23. The number of pyridine rings is 2. The van der Waals surface area contributed by atoms with E-state index in [9.17, 15) is 0 Å². The summed E-state index contributed by atoms with van der Waals surface area (Å²) >= 11 is 0. The highest BCUT2D eigenvalue weighted by Gasteiger charge is 2.14. The van der Waals surface area contributed by atoms with Crippen molar-refractivity contribution >= 4 is 66.1 Å². The predicted molar refractivity (Wildman–Crippen MR) is 256 cm³/mol. The first kappa shape index (κ1) is 35.2. The van der Waals surface area contributed by atoms with Gasteiger partial charge in [0.15, 0.2) is 0 Å². The molecule has 0 N–H and O–H groups in total. The average molecular weight is 807 g/mol. The number of nitrogens with zero attached hydrogens (tertiary/aromatic N) is 2. The third-order valence-electron chi connectivity index (χ3n) is 12.4. The van der Waals surface area contributed by atoms with Crippen molar-refractivity contribution in [2.24, 2.45) is 0 Å². The highest BCUT2D eigenvalue weighted by molar-refractivity contribution is 6.08. The van der Waals surface area contributed by atoms with Crippen LogP contribution in [0, 0.1) is 0 Å². The molecule has 0 saturated carbocycles. The van der Waals surface area contributed by atoms with Crippen LogP contribution in [-0.2, 0) is 0 Å². The number of aromatic nitrogens is 2. The summed E-state index contributed by atoms with van der Waals surface area (Å²) in [6, 6.07) is 68.9. The first-order valence-corrected chi connectivity index (χ1v) is 21.1. The molecule has 0 bridgehead atoms. The predicted octanol–water partition coefficient (Wildman–Crippen LogP) is 16.2. The van der Waals surface area contributed by atoms with Crippen LogP contribution in [0.1, 0.15) is 0 Å². The summed E-state index contributed by atoms with van der Waals surface area (Å²) in [4.78, 5) is 8.82. The van der Waals surface area contributed by atoms with Crippen molar-refractivity contribution in [3.05, 3.63) is 207 Å². The highest BCUT2D eigenvalue weighted by Crippen LogP contribution is 2.39. The van der Waals surface area contributed by atoms with Crippen LogP contribution in [0.25, 0.3) is 133 Å². The molecular weight excluding hydrogens is 773 g/mol. The monoisotopic (exact) mass is 806 g/mol. The Labute approximate surface area is 361 Å². The summed E-state index contributed by atoms with van der Waals surface area (Å²) in [7, 11) is 0. The third kappa shape index (κ3) is 6.01. The Morgan fingerprint density at radius 3 is 0.810 bits per heavy atom. The SMILES string of the molecule is c1cc(-c2cccc(-c3ccc4oc5ncccc5c4c3)c2)cc(-c2ccc3oc4ccc(-c5cccc(-c6cccc(-c7ccc8oc9ncccc9c8c7)c6)c5)cc4c3c2)c1. The molecule has 13 rings (SSSR count). The third-order valence-corrected chi connectivity index (χ3v) is 12.4. The molecule has 0 aliphatic carbocycles. The van der Waals surface area contributed by atoms with E-state index in [1.54, 1.807) is 12.4 Å². The van der Waals surface area contributed by atoms with Crippen molar-refractivity contribution in [3.63, 3.8) is 0 Å². The number of benzene rings is 8. The van der Waals surface area contributed by atoms with Gasteiger partial charge in [0.05, 0.1) is 0 Å². The molecule has 0 amide bonds. The lowest BCUT2D eigenvalue weighted by atomic mass is 9.94. The molecule has 5 heteroatoms. The van der Waals surface area contributed by atoms with Crippen LogP contribution >= 0.6 is 0 Å². The van der Waals surface area contributed by atoms with E-state index < -0.39 is 0 Å². The maximum atomic E-state index is 6.40.